The zero-order valence-corrected chi connectivity index (χ0v) is 18.0. The highest BCUT2D eigenvalue weighted by molar-refractivity contribution is 7.92. The molecule has 2 unspecified atom stereocenters. The molecule has 2 N–H and O–H groups in total. The monoisotopic (exact) mass is 415 g/mol. The molecule has 0 bridgehead atoms. The van der Waals surface area contributed by atoms with E-state index in [4.69, 9.17) is 0 Å². The average molecular weight is 416 g/mol. The zero-order valence-electron chi connectivity index (χ0n) is 17.2. The Hall–Kier alpha value is -2.54. The minimum absolute atomic E-state index is 0.164. The van der Waals surface area contributed by atoms with E-state index in [0.29, 0.717) is 11.3 Å². The van der Waals surface area contributed by atoms with Crippen molar-refractivity contribution in [3.63, 3.8) is 0 Å². The summed E-state index contributed by atoms with van der Waals surface area (Å²) >= 11 is 0. The van der Waals surface area contributed by atoms with E-state index < -0.39 is 10.0 Å². The highest BCUT2D eigenvalue weighted by Crippen LogP contribution is 2.25. The maximum absolute atomic E-state index is 12.6. The number of rotatable bonds is 6. The van der Waals surface area contributed by atoms with E-state index in [2.05, 4.69) is 46.1 Å². The van der Waals surface area contributed by atoms with Gasteiger partial charge < -0.3 is 10.2 Å². The number of amides is 1. The Labute approximate surface area is 173 Å². The number of carbonyl (C=O) groups excluding carboxylic acids is 1. The van der Waals surface area contributed by atoms with Gasteiger partial charge in [0.1, 0.15) is 0 Å². The summed E-state index contributed by atoms with van der Waals surface area (Å²) in [5.74, 6) is 0.471. The molecule has 0 aromatic heterocycles. The normalized spacial score (nSPS) is 18.2. The van der Waals surface area contributed by atoms with Crippen LogP contribution in [0.4, 0.5) is 11.4 Å². The second-order valence-corrected chi connectivity index (χ2v) is 9.68. The predicted octanol–water partition coefficient (Wildman–Crippen LogP) is 3.79. The molecule has 0 aliphatic carbocycles. The fourth-order valence-corrected chi connectivity index (χ4v) is 4.25. The summed E-state index contributed by atoms with van der Waals surface area (Å²) in [7, 11) is -3.39. The molecule has 1 saturated heterocycles. The maximum atomic E-state index is 12.6. The van der Waals surface area contributed by atoms with E-state index in [9.17, 15) is 13.2 Å². The smallest absolute Gasteiger partial charge is 0.251 e. The van der Waals surface area contributed by atoms with Crippen LogP contribution in [-0.2, 0) is 10.0 Å². The first-order valence-electron chi connectivity index (χ1n) is 9.95. The van der Waals surface area contributed by atoms with Crippen LogP contribution < -0.4 is 14.9 Å². The Kier molecular flexibility index (Phi) is 6.47. The molecule has 29 heavy (non-hydrogen) atoms. The largest absolute Gasteiger partial charge is 0.371 e. The van der Waals surface area contributed by atoms with Gasteiger partial charge in [0, 0.05) is 30.0 Å². The fraction of sp³-hybridized carbons (Fsp3) is 0.409. The lowest BCUT2D eigenvalue weighted by molar-refractivity contribution is 0.0940. The second kappa shape index (κ2) is 8.86. The van der Waals surface area contributed by atoms with E-state index >= 15 is 0 Å². The number of anilines is 2. The Morgan fingerprint density at radius 1 is 1.17 bits per heavy atom. The quantitative estimate of drug-likeness (QED) is 0.752. The Balaban J connectivity index is 1.64. The van der Waals surface area contributed by atoms with Crippen LogP contribution in [0.1, 0.15) is 48.7 Å². The molecule has 1 fully saturated rings. The molecule has 0 saturated carbocycles. The first-order valence-corrected chi connectivity index (χ1v) is 11.8. The van der Waals surface area contributed by atoms with Gasteiger partial charge >= 0.3 is 0 Å². The highest BCUT2D eigenvalue weighted by Gasteiger charge is 2.17. The Bertz CT molecular complexity index is 958. The van der Waals surface area contributed by atoms with E-state index in [1.165, 1.54) is 24.6 Å². The molecule has 1 aliphatic heterocycles. The first kappa shape index (κ1) is 21.2. The van der Waals surface area contributed by atoms with Crippen molar-refractivity contribution in [1.29, 1.82) is 0 Å². The molecule has 0 spiro atoms. The third kappa shape index (κ3) is 5.97. The molecular weight excluding hydrogens is 386 g/mol. The van der Waals surface area contributed by atoms with Crippen LogP contribution in [0.2, 0.25) is 0 Å². The number of nitrogens with one attached hydrogen (secondary N) is 2. The molecule has 1 heterocycles. The fourth-order valence-electron chi connectivity index (χ4n) is 3.70. The van der Waals surface area contributed by atoms with Gasteiger partial charge in [0.25, 0.3) is 5.91 Å². The van der Waals surface area contributed by atoms with Crippen molar-refractivity contribution in [2.45, 2.75) is 32.7 Å². The standard InChI is InChI=1S/C22H29N3O3S/c1-16-6-5-13-25(15-16)21-11-9-18(10-12-21)17(2)23-22(26)19-7-4-8-20(14-19)24-29(3,27)28/h4,7-12,14,16-17,24H,5-6,13,15H2,1-3H3,(H,23,26). The molecule has 2 atom stereocenters. The summed E-state index contributed by atoms with van der Waals surface area (Å²) in [6.45, 7) is 6.41. The number of carbonyl (C=O) groups is 1. The van der Waals surface area contributed by atoms with Crippen molar-refractivity contribution in [2.75, 3.05) is 29.0 Å². The van der Waals surface area contributed by atoms with Gasteiger partial charge in [-0.1, -0.05) is 25.1 Å². The number of hydrogen-bond donors (Lipinski definition) is 2. The summed E-state index contributed by atoms with van der Waals surface area (Å²) in [5, 5.41) is 2.98. The van der Waals surface area contributed by atoms with Gasteiger partial charge in [-0.05, 0) is 61.6 Å². The molecule has 156 valence electrons. The molecule has 6 nitrogen and oxygen atoms in total. The topological polar surface area (TPSA) is 78.5 Å². The summed E-state index contributed by atoms with van der Waals surface area (Å²) in [5.41, 5.74) is 3.02. The SMILES string of the molecule is CC1CCCN(c2ccc(C(C)NC(=O)c3cccc(NS(C)(=O)=O)c3)cc2)C1. The summed E-state index contributed by atoms with van der Waals surface area (Å²) in [6, 6.07) is 14.6. The zero-order chi connectivity index (χ0) is 21.0. The van der Waals surface area contributed by atoms with Gasteiger partial charge in [-0.15, -0.1) is 0 Å². The third-order valence-electron chi connectivity index (χ3n) is 5.19. The van der Waals surface area contributed by atoms with Gasteiger partial charge in [-0.25, -0.2) is 8.42 Å². The van der Waals surface area contributed by atoms with E-state index in [1.54, 1.807) is 18.2 Å². The lowest BCUT2D eigenvalue weighted by Gasteiger charge is -2.33. The Morgan fingerprint density at radius 3 is 2.55 bits per heavy atom. The summed E-state index contributed by atoms with van der Waals surface area (Å²) in [4.78, 5) is 15.0. The summed E-state index contributed by atoms with van der Waals surface area (Å²) in [6.07, 6.45) is 3.59. The molecule has 2 aromatic rings. The van der Waals surface area contributed by atoms with Crippen LogP contribution in [0.5, 0.6) is 0 Å². The van der Waals surface area contributed by atoms with Gasteiger partial charge in [-0.2, -0.15) is 0 Å². The van der Waals surface area contributed by atoms with E-state index in [-0.39, 0.29) is 11.9 Å². The maximum Gasteiger partial charge on any atom is 0.251 e. The van der Waals surface area contributed by atoms with Gasteiger partial charge in [0.15, 0.2) is 0 Å². The number of benzene rings is 2. The molecule has 1 aliphatic rings. The van der Waals surface area contributed by atoms with Crippen molar-refractivity contribution in [2.24, 2.45) is 5.92 Å². The van der Waals surface area contributed by atoms with Crippen molar-refractivity contribution >= 4 is 27.3 Å². The van der Waals surface area contributed by atoms with Crippen molar-refractivity contribution in [1.82, 2.24) is 5.32 Å². The molecule has 7 heteroatoms. The van der Waals surface area contributed by atoms with Crippen LogP contribution in [0.3, 0.4) is 0 Å². The summed E-state index contributed by atoms with van der Waals surface area (Å²) < 4.78 is 25.2. The van der Waals surface area contributed by atoms with Gasteiger partial charge in [0.05, 0.1) is 12.3 Å². The number of hydrogen-bond acceptors (Lipinski definition) is 4. The average Bonchev–Trinajstić information content (AvgIpc) is 2.67. The number of sulfonamides is 1. The Morgan fingerprint density at radius 2 is 1.90 bits per heavy atom. The van der Waals surface area contributed by atoms with Crippen molar-refractivity contribution in [3.05, 3.63) is 59.7 Å². The minimum Gasteiger partial charge on any atom is -0.371 e. The molecule has 3 rings (SSSR count). The van der Waals surface area contributed by atoms with Gasteiger partial charge in [0.2, 0.25) is 10.0 Å². The highest BCUT2D eigenvalue weighted by atomic mass is 32.2. The molecule has 1 amide bonds. The molecule has 2 aromatic carbocycles. The van der Waals surface area contributed by atoms with Crippen molar-refractivity contribution in [3.8, 4) is 0 Å². The molecule has 0 radical (unpaired) electrons. The van der Waals surface area contributed by atoms with E-state index in [1.807, 2.05) is 6.92 Å². The number of piperidine rings is 1. The van der Waals surface area contributed by atoms with Crippen LogP contribution in [-0.4, -0.2) is 33.7 Å². The third-order valence-corrected chi connectivity index (χ3v) is 5.80. The van der Waals surface area contributed by atoms with Crippen LogP contribution in [0.25, 0.3) is 0 Å². The lowest BCUT2D eigenvalue weighted by Crippen LogP contribution is -2.34. The lowest BCUT2D eigenvalue weighted by atomic mass is 9.99. The second-order valence-electron chi connectivity index (χ2n) is 7.94. The van der Waals surface area contributed by atoms with Crippen LogP contribution in [0.15, 0.2) is 48.5 Å². The minimum atomic E-state index is -3.39. The van der Waals surface area contributed by atoms with E-state index in [0.717, 1.165) is 30.8 Å². The predicted molar refractivity (Wildman–Crippen MR) is 118 cm³/mol. The number of nitrogens with zero attached hydrogens (tertiary/aromatic N) is 1. The van der Waals surface area contributed by atoms with Crippen molar-refractivity contribution < 1.29 is 13.2 Å². The van der Waals surface area contributed by atoms with Crippen LogP contribution >= 0.6 is 0 Å². The first-order chi connectivity index (χ1) is 13.7. The molecular formula is C22H29N3O3S. The van der Waals surface area contributed by atoms with Crippen LogP contribution in [0, 0.1) is 5.92 Å². The van der Waals surface area contributed by atoms with Gasteiger partial charge in [-0.3, -0.25) is 9.52 Å².